The smallest absolute Gasteiger partial charge is 0.419 e. The molecule has 0 saturated heterocycles. The summed E-state index contributed by atoms with van der Waals surface area (Å²) in [4.78, 5) is 28.3. The molecule has 4 aliphatic rings. The highest BCUT2D eigenvalue weighted by Crippen LogP contribution is 2.65. The number of ether oxygens (including phenoxy) is 2. The third-order valence-electron chi connectivity index (χ3n) is 5.69. The molecule has 0 spiro atoms. The van der Waals surface area contributed by atoms with E-state index in [9.17, 15) is 9.59 Å². The number of aromatic nitrogens is 2. The molecule has 1 heterocycles. The molecule has 1 aromatic heterocycles. The Bertz CT molecular complexity index is 641. The fraction of sp³-hybridized carbons (Fsp3) is 0.706. The first-order chi connectivity index (χ1) is 10.9. The topological polar surface area (TPSA) is 70.4 Å². The second kappa shape index (κ2) is 4.82. The SMILES string of the molecule is CC(C)C(=O)OC12CC3CC(C1)C(OC(=O)n1ccnc1)(C3)C2. The number of hydrogen-bond donors (Lipinski definition) is 0. The van der Waals surface area contributed by atoms with Crippen LogP contribution in [0.15, 0.2) is 18.7 Å². The molecule has 4 aliphatic carbocycles. The lowest BCUT2D eigenvalue weighted by molar-refractivity contribution is -0.171. The van der Waals surface area contributed by atoms with Gasteiger partial charge < -0.3 is 9.47 Å². The van der Waals surface area contributed by atoms with Crippen LogP contribution in [0.4, 0.5) is 4.79 Å². The molecule has 6 heteroatoms. The second-order valence-electron chi connectivity index (χ2n) is 7.75. The lowest BCUT2D eigenvalue weighted by Crippen LogP contribution is -2.44. The molecule has 23 heavy (non-hydrogen) atoms. The van der Waals surface area contributed by atoms with Gasteiger partial charge in [0, 0.05) is 24.7 Å². The van der Waals surface area contributed by atoms with Crippen LogP contribution in [-0.4, -0.2) is 32.8 Å². The Kier molecular flexibility index (Phi) is 3.09. The Morgan fingerprint density at radius 3 is 2.78 bits per heavy atom. The minimum absolute atomic E-state index is 0.133. The van der Waals surface area contributed by atoms with Crippen molar-refractivity contribution in [2.24, 2.45) is 17.8 Å². The zero-order valence-electron chi connectivity index (χ0n) is 13.5. The molecular weight excluding hydrogens is 296 g/mol. The highest BCUT2D eigenvalue weighted by molar-refractivity contribution is 5.72. The molecule has 4 unspecified atom stereocenters. The van der Waals surface area contributed by atoms with Crippen LogP contribution < -0.4 is 0 Å². The molecule has 0 aromatic carbocycles. The van der Waals surface area contributed by atoms with Crippen molar-refractivity contribution in [3.63, 3.8) is 0 Å². The van der Waals surface area contributed by atoms with Crippen LogP contribution in [0.3, 0.4) is 0 Å². The van der Waals surface area contributed by atoms with E-state index in [1.54, 1.807) is 12.4 Å². The molecule has 0 aliphatic heterocycles. The van der Waals surface area contributed by atoms with E-state index in [1.807, 2.05) is 13.8 Å². The molecule has 124 valence electrons. The second-order valence-corrected chi connectivity index (χ2v) is 7.75. The molecule has 4 saturated carbocycles. The van der Waals surface area contributed by atoms with Gasteiger partial charge in [-0.05, 0) is 31.6 Å². The van der Waals surface area contributed by atoms with Gasteiger partial charge in [0.15, 0.2) is 0 Å². The van der Waals surface area contributed by atoms with Gasteiger partial charge in [0.1, 0.15) is 17.5 Å². The van der Waals surface area contributed by atoms with Crippen LogP contribution in [-0.2, 0) is 14.3 Å². The van der Waals surface area contributed by atoms with Crippen molar-refractivity contribution in [1.29, 1.82) is 0 Å². The molecule has 4 bridgehead atoms. The van der Waals surface area contributed by atoms with E-state index in [-0.39, 0.29) is 18.0 Å². The maximum absolute atomic E-state index is 12.3. The van der Waals surface area contributed by atoms with Crippen LogP contribution in [0, 0.1) is 17.8 Å². The first kappa shape index (κ1) is 14.7. The van der Waals surface area contributed by atoms with Crippen molar-refractivity contribution in [2.75, 3.05) is 0 Å². The van der Waals surface area contributed by atoms with E-state index in [4.69, 9.17) is 9.47 Å². The average Bonchev–Trinajstić information content (AvgIpc) is 3.11. The van der Waals surface area contributed by atoms with Gasteiger partial charge in [-0.2, -0.15) is 0 Å². The molecule has 0 radical (unpaired) electrons. The van der Waals surface area contributed by atoms with E-state index in [0.29, 0.717) is 18.3 Å². The van der Waals surface area contributed by atoms with Crippen molar-refractivity contribution in [1.82, 2.24) is 9.55 Å². The standard InChI is InChI=1S/C17H22N2O4/c1-11(2)14(20)22-16-6-12-5-13(8-16)17(7-12,9-16)23-15(21)19-4-3-18-10-19/h3-4,10-13H,5-9H2,1-2H3. The molecule has 1 aromatic rings. The molecular formula is C17H22N2O4. The summed E-state index contributed by atoms with van der Waals surface area (Å²) in [7, 11) is 0. The minimum atomic E-state index is -0.471. The molecule has 0 amide bonds. The van der Waals surface area contributed by atoms with Crippen LogP contribution >= 0.6 is 0 Å². The zero-order chi connectivity index (χ0) is 16.2. The van der Waals surface area contributed by atoms with Crippen molar-refractivity contribution < 1.29 is 19.1 Å². The number of carbonyl (C=O) groups excluding carboxylic acids is 2. The predicted molar refractivity (Wildman–Crippen MR) is 80.6 cm³/mol. The van der Waals surface area contributed by atoms with Crippen LogP contribution in [0.5, 0.6) is 0 Å². The lowest BCUT2D eigenvalue weighted by Gasteiger charge is -2.40. The van der Waals surface area contributed by atoms with E-state index in [2.05, 4.69) is 4.98 Å². The summed E-state index contributed by atoms with van der Waals surface area (Å²) in [5.74, 6) is 0.501. The summed E-state index contributed by atoms with van der Waals surface area (Å²) in [5, 5.41) is 0. The maximum atomic E-state index is 12.3. The monoisotopic (exact) mass is 318 g/mol. The van der Waals surface area contributed by atoms with E-state index in [1.165, 1.54) is 10.9 Å². The zero-order valence-corrected chi connectivity index (χ0v) is 13.5. The molecule has 4 fully saturated rings. The Morgan fingerprint density at radius 1 is 1.26 bits per heavy atom. The number of esters is 1. The normalized spacial score (nSPS) is 37.3. The third kappa shape index (κ3) is 2.26. The summed E-state index contributed by atoms with van der Waals surface area (Å²) in [6.45, 7) is 3.70. The highest BCUT2D eigenvalue weighted by atomic mass is 16.6. The fourth-order valence-electron chi connectivity index (χ4n) is 4.95. The fourth-order valence-corrected chi connectivity index (χ4v) is 4.95. The first-order valence-corrected chi connectivity index (χ1v) is 8.36. The Hall–Kier alpha value is -1.85. The summed E-state index contributed by atoms with van der Waals surface area (Å²) in [5.41, 5.74) is -0.899. The lowest BCUT2D eigenvalue weighted by atomic mass is 9.77. The van der Waals surface area contributed by atoms with E-state index < -0.39 is 11.2 Å². The Balaban J connectivity index is 1.54. The highest BCUT2D eigenvalue weighted by Gasteiger charge is 2.68. The van der Waals surface area contributed by atoms with Gasteiger partial charge >= 0.3 is 12.1 Å². The van der Waals surface area contributed by atoms with Crippen molar-refractivity contribution in [3.05, 3.63) is 18.7 Å². The maximum Gasteiger partial charge on any atom is 0.419 e. The third-order valence-corrected chi connectivity index (χ3v) is 5.69. The van der Waals surface area contributed by atoms with Gasteiger partial charge in [-0.1, -0.05) is 13.8 Å². The van der Waals surface area contributed by atoms with Gasteiger partial charge in [0.05, 0.1) is 5.92 Å². The van der Waals surface area contributed by atoms with Crippen molar-refractivity contribution in [2.45, 2.75) is 57.2 Å². The number of hydrogen-bond acceptors (Lipinski definition) is 5. The molecule has 5 rings (SSSR count). The number of imidazole rings is 1. The van der Waals surface area contributed by atoms with E-state index in [0.717, 1.165) is 25.7 Å². The van der Waals surface area contributed by atoms with Gasteiger partial charge in [0.25, 0.3) is 0 Å². The summed E-state index contributed by atoms with van der Waals surface area (Å²) in [6, 6.07) is 0. The summed E-state index contributed by atoms with van der Waals surface area (Å²) < 4.78 is 13.2. The number of nitrogens with zero attached hydrogens (tertiary/aromatic N) is 2. The van der Waals surface area contributed by atoms with Gasteiger partial charge in [-0.25, -0.2) is 14.3 Å². The van der Waals surface area contributed by atoms with Crippen molar-refractivity contribution >= 4 is 12.1 Å². The Morgan fingerprint density at radius 2 is 2.09 bits per heavy atom. The van der Waals surface area contributed by atoms with Crippen LogP contribution in [0.25, 0.3) is 0 Å². The van der Waals surface area contributed by atoms with Gasteiger partial charge in [0.2, 0.25) is 0 Å². The van der Waals surface area contributed by atoms with Crippen LogP contribution in [0.2, 0.25) is 0 Å². The van der Waals surface area contributed by atoms with Crippen LogP contribution in [0.1, 0.15) is 46.0 Å². The minimum Gasteiger partial charge on any atom is -0.459 e. The number of rotatable bonds is 3. The summed E-state index contributed by atoms with van der Waals surface area (Å²) >= 11 is 0. The quantitative estimate of drug-likeness (QED) is 0.801. The average molecular weight is 318 g/mol. The van der Waals surface area contributed by atoms with Crippen molar-refractivity contribution in [3.8, 4) is 0 Å². The molecule has 6 nitrogen and oxygen atoms in total. The molecule has 0 N–H and O–H groups in total. The van der Waals surface area contributed by atoms with Gasteiger partial charge in [-0.3, -0.25) is 4.79 Å². The van der Waals surface area contributed by atoms with Gasteiger partial charge in [-0.15, -0.1) is 0 Å². The largest absolute Gasteiger partial charge is 0.459 e. The summed E-state index contributed by atoms with van der Waals surface area (Å²) in [6.07, 6.45) is 8.53. The Labute approximate surface area is 135 Å². The first-order valence-electron chi connectivity index (χ1n) is 8.36. The van der Waals surface area contributed by atoms with E-state index >= 15 is 0 Å². The number of carbonyl (C=O) groups is 2. The predicted octanol–water partition coefficient (Wildman–Crippen LogP) is 2.77. The molecule has 4 atom stereocenters.